The Hall–Kier alpha value is -0.680. The molecule has 13 heavy (non-hydrogen) atoms. The first kappa shape index (κ1) is 8.90. The Kier molecular flexibility index (Phi) is 2.46. The van der Waals surface area contributed by atoms with Crippen molar-refractivity contribution in [1.29, 1.82) is 0 Å². The monoisotopic (exact) mass is 199 g/mol. The number of aromatic nitrogens is 2. The van der Waals surface area contributed by atoms with Crippen LogP contribution in [0.1, 0.15) is 12.2 Å². The van der Waals surface area contributed by atoms with Crippen LogP contribution in [0.15, 0.2) is 0 Å². The van der Waals surface area contributed by atoms with Crippen molar-refractivity contribution in [3.8, 4) is 0 Å². The minimum atomic E-state index is 0.299. The van der Waals surface area contributed by atoms with Gasteiger partial charge in [-0.3, -0.25) is 0 Å². The second-order valence-electron chi connectivity index (χ2n) is 3.41. The molecule has 0 radical (unpaired) electrons. The van der Waals surface area contributed by atoms with E-state index in [-0.39, 0.29) is 0 Å². The average Bonchev–Trinajstić information content (AvgIpc) is 2.43. The van der Waals surface area contributed by atoms with E-state index in [0.29, 0.717) is 12.5 Å². The summed E-state index contributed by atoms with van der Waals surface area (Å²) in [5, 5.41) is 9.74. The summed E-state index contributed by atoms with van der Waals surface area (Å²) in [7, 11) is 0. The quantitative estimate of drug-likeness (QED) is 0.777. The van der Waals surface area contributed by atoms with E-state index in [4.69, 9.17) is 5.11 Å². The molecule has 0 unspecified atom stereocenters. The van der Waals surface area contributed by atoms with Crippen LogP contribution in [0.4, 0.5) is 5.13 Å². The van der Waals surface area contributed by atoms with Gasteiger partial charge in [-0.25, -0.2) is 4.98 Å². The minimum absolute atomic E-state index is 0.299. The molecule has 1 N–H and O–H groups in total. The van der Waals surface area contributed by atoms with Crippen molar-refractivity contribution in [3.63, 3.8) is 0 Å². The first-order valence-corrected chi connectivity index (χ1v) is 5.23. The Bertz CT molecular complexity index is 283. The fraction of sp³-hybridized carbons (Fsp3) is 0.750. The molecule has 1 saturated heterocycles. The lowest BCUT2D eigenvalue weighted by molar-refractivity contribution is 0.239. The average molecular weight is 199 g/mol. The Morgan fingerprint density at radius 3 is 2.92 bits per heavy atom. The third-order valence-electron chi connectivity index (χ3n) is 2.28. The standard InChI is InChI=1S/C8H13N3OS/c1-6-9-8(13-10-6)11-4-7(5-11)2-3-12/h7,12H,2-5H2,1H3. The maximum Gasteiger partial charge on any atom is 0.205 e. The zero-order chi connectivity index (χ0) is 9.26. The van der Waals surface area contributed by atoms with E-state index in [0.717, 1.165) is 30.5 Å². The summed E-state index contributed by atoms with van der Waals surface area (Å²) in [4.78, 5) is 6.51. The number of rotatable bonds is 3. The van der Waals surface area contributed by atoms with Gasteiger partial charge in [-0.2, -0.15) is 4.37 Å². The molecular weight excluding hydrogens is 186 g/mol. The molecule has 2 heterocycles. The summed E-state index contributed by atoms with van der Waals surface area (Å²) in [5.41, 5.74) is 0. The Balaban J connectivity index is 1.86. The summed E-state index contributed by atoms with van der Waals surface area (Å²) in [6.45, 7) is 4.25. The molecule has 0 amide bonds. The highest BCUT2D eigenvalue weighted by molar-refractivity contribution is 7.09. The number of hydrogen-bond donors (Lipinski definition) is 1. The van der Waals surface area contributed by atoms with Crippen LogP contribution in [-0.2, 0) is 0 Å². The molecule has 0 atom stereocenters. The molecule has 1 aliphatic rings. The third-order valence-corrected chi connectivity index (χ3v) is 3.15. The first-order chi connectivity index (χ1) is 6.29. The van der Waals surface area contributed by atoms with Crippen LogP contribution in [-0.4, -0.2) is 34.2 Å². The largest absolute Gasteiger partial charge is 0.396 e. The SMILES string of the molecule is Cc1nsc(N2CC(CCO)C2)n1. The number of aliphatic hydroxyl groups is 1. The molecule has 0 saturated carbocycles. The Morgan fingerprint density at radius 1 is 1.62 bits per heavy atom. The maximum absolute atomic E-state index is 8.72. The maximum atomic E-state index is 8.72. The van der Waals surface area contributed by atoms with Crippen molar-refractivity contribution in [2.45, 2.75) is 13.3 Å². The van der Waals surface area contributed by atoms with E-state index in [9.17, 15) is 0 Å². The van der Waals surface area contributed by atoms with Gasteiger partial charge in [-0.1, -0.05) is 0 Å². The molecule has 2 rings (SSSR count). The van der Waals surface area contributed by atoms with Gasteiger partial charge in [-0.15, -0.1) is 0 Å². The molecule has 1 aromatic rings. The summed E-state index contributed by atoms with van der Waals surface area (Å²) in [5.74, 6) is 1.50. The summed E-state index contributed by atoms with van der Waals surface area (Å²) in [6.07, 6.45) is 0.911. The van der Waals surface area contributed by atoms with E-state index < -0.39 is 0 Å². The summed E-state index contributed by atoms with van der Waals surface area (Å²) in [6, 6.07) is 0. The van der Waals surface area contributed by atoms with Crippen LogP contribution in [0.3, 0.4) is 0 Å². The third kappa shape index (κ3) is 1.81. The van der Waals surface area contributed by atoms with Crippen LogP contribution in [0, 0.1) is 12.8 Å². The molecule has 5 heteroatoms. The zero-order valence-corrected chi connectivity index (χ0v) is 8.42. The fourth-order valence-electron chi connectivity index (χ4n) is 1.51. The lowest BCUT2D eigenvalue weighted by atomic mass is 9.98. The Labute approximate surface area is 81.4 Å². The molecule has 0 aromatic carbocycles. The predicted octanol–water partition coefficient (Wildman–Crippen LogP) is 0.665. The van der Waals surface area contributed by atoms with Gasteiger partial charge in [0.2, 0.25) is 5.13 Å². The van der Waals surface area contributed by atoms with Crippen LogP contribution in [0.2, 0.25) is 0 Å². The first-order valence-electron chi connectivity index (χ1n) is 4.45. The van der Waals surface area contributed by atoms with Crippen molar-refractivity contribution < 1.29 is 5.11 Å². The van der Waals surface area contributed by atoms with E-state index in [1.165, 1.54) is 11.5 Å². The van der Waals surface area contributed by atoms with E-state index in [1.54, 1.807) is 0 Å². The van der Waals surface area contributed by atoms with Crippen molar-refractivity contribution in [2.75, 3.05) is 24.6 Å². The smallest absolute Gasteiger partial charge is 0.205 e. The number of anilines is 1. The molecule has 0 spiro atoms. The van der Waals surface area contributed by atoms with Crippen molar-refractivity contribution in [2.24, 2.45) is 5.92 Å². The lowest BCUT2D eigenvalue weighted by Crippen LogP contribution is -2.47. The van der Waals surface area contributed by atoms with Gasteiger partial charge in [0.15, 0.2) is 0 Å². The minimum Gasteiger partial charge on any atom is -0.396 e. The summed E-state index contributed by atoms with van der Waals surface area (Å²) >= 11 is 1.46. The van der Waals surface area contributed by atoms with Crippen molar-refractivity contribution >= 4 is 16.7 Å². The van der Waals surface area contributed by atoms with Gasteiger partial charge >= 0.3 is 0 Å². The fourth-order valence-corrected chi connectivity index (χ4v) is 2.20. The topological polar surface area (TPSA) is 49.2 Å². The Morgan fingerprint density at radius 2 is 2.38 bits per heavy atom. The van der Waals surface area contributed by atoms with Gasteiger partial charge in [0.25, 0.3) is 0 Å². The van der Waals surface area contributed by atoms with Crippen LogP contribution < -0.4 is 4.90 Å². The van der Waals surface area contributed by atoms with Crippen molar-refractivity contribution in [1.82, 2.24) is 9.36 Å². The second-order valence-corrected chi connectivity index (χ2v) is 4.14. The van der Waals surface area contributed by atoms with Gasteiger partial charge < -0.3 is 10.0 Å². The number of hydrogen-bond acceptors (Lipinski definition) is 5. The van der Waals surface area contributed by atoms with Gasteiger partial charge in [0.05, 0.1) is 0 Å². The molecule has 0 aliphatic carbocycles. The van der Waals surface area contributed by atoms with Gasteiger partial charge in [0.1, 0.15) is 5.82 Å². The van der Waals surface area contributed by atoms with Crippen LogP contribution in [0.5, 0.6) is 0 Å². The normalized spacial score (nSPS) is 17.5. The number of aryl methyl sites for hydroxylation is 1. The highest BCUT2D eigenvalue weighted by Crippen LogP contribution is 2.27. The zero-order valence-electron chi connectivity index (χ0n) is 7.60. The molecule has 1 aromatic heterocycles. The molecule has 1 fully saturated rings. The summed E-state index contributed by atoms with van der Waals surface area (Å²) < 4.78 is 4.13. The molecule has 72 valence electrons. The second kappa shape index (κ2) is 3.59. The number of aliphatic hydroxyl groups excluding tert-OH is 1. The molecule has 4 nitrogen and oxygen atoms in total. The highest BCUT2D eigenvalue weighted by Gasteiger charge is 2.28. The van der Waals surface area contributed by atoms with E-state index in [2.05, 4.69) is 14.3 Å². The van der Waals surface area contributed by atoms with Crippen LogP contribution >= 0.6 is 11.5 Å². The molecular formula is C8H13N3OS. The van der Waals surface area contributed by atoms with Gasteiger partial charge in [0, 0.05) is 31.2 Å². The highest BCUT2D eigenvalue weighted by atomic mass is 32.1. The number of nitrogens with zero attached hydrogens (tertiary/aromatic N) is 3. The lowest BCUT2D eigenvalue weighted by Gasteiger charge is -2.38. The molecule has 0 bridgehead atoms. The van der Waals surface area contributed by atoms with Crippen LogP contribution in [0.25, 0.3) is 0 Å². The predicted molar refractivity (Wildman–Crippen MR) is 52.1 cm³/mol. The van der Waals surface area contributed by atoms with E-state index >= 15 is 0 Å². The molecule has 1 aliphatic heterocycles. The van der Waals surface area contributed by atoms with Crippen molar-refractivity contribution in [3.05, 3.63) is 5.82 Å². The van der Waals surface area contributed by atoms with Gasteiger partial charge in [-0.05, 0) is 19.3 Å². The van der Waals surface area contributed by atoms with E-state index in [1.807, 2.05) is 6.92 Å².